The van der Waals surface area contributed by atoms with Gasteiger partial charge in [0.15, 0.2) is 0 Å². The van der Waals surface area contributed by atoms with Gasteiger partial charge in [0, 0.05) is 20.0 Å². The molecule has 1 aliphatic rings. The number of hydrogen-bond donors (Lipinski definition) is 1. The lowest BCUT2D eigenvalue weighted by Crippen LogP contribution is -2.42. The molecule has 23 heavy (non-hydrogen) atoms. The van der Waals surface area contributed by atoms with Crippen molar-refractivity contribution < 1.29 is 13.6 Å². The predicted octanol–water partition coefficient (Wildman–Crippen LogP) is 2.84. The summed E-state index contributed by atoms with van der Waals surface area (Å²) >= 11 is 0. The van der Waals surface area contributed by atoms with E-state index in [2.05, 4.69) is 23.5 Å². The third kappa shape index (κ3) is 3.50. The van der Waals surface area contributed by atoms with Crippen molar-refractivity contribution in [3.05, 3.63) is 48.0 Å². The number of nitrogens with zero attached hydrogens (tertiary/aromatic N) is 1. The van der Waals surface area contributed by atoms with Crippen molar-refractivity contribution in [2.24, 2.45) is 0 Å². The van der Waals surface area contributed by atoms with E-state index in [0.717, 1.165) is 10.9 Å². The normalized spacial score (nSPS) is 19.9. The van der Waals surface area contributed by atoms with Gasteiger partial charge in [-0.25, -0.2) is 8.78 Å². The fraction of sp³-hybridized carbons (Fsp3) is 0.389. The van der Waals surface area contributed by atoms with Gasteiger partial charge >= 0.3 is 0 Å². The molecule has 1 saturated heterocycles. The third-order valence-electron chi connectivity index (χ3n) is 4.38. The molecule has 1 atom stereocenters. The smallest absolute Gasteiger partial charge is 0.262 e. The summed E-state index contributed by atoms with van der Waals surface area (Å²) in [5.41, 5.74) is 1.16. The first kappa shape index (κ1) is 15.9. The molecule has 0 bridgehead atoms. The molecule has 2 aromatic carbocycles. The van der Waals surface area contributed by atoms with Crippen LogP contribution in [0.2, 0.25) is 0 Å². The van der Waals surface area contributed by atoms with Crippen LogP contribution in [0, 0.1) is 0 Å². The van der Waals surface area contributed by atoms with E-state index in [9.17, 15) is 13.6 Å². The van der Waals surface area contributed by atoms with Crippen LogP contribution in [-0.2, 0) is 11.2 Å². The Bertz CT molecular complexity index is 712. The highest BCUT2D eigenvalue weighted by atomic mass is 19.3. The molecule has 3 rings (SSSR count). The van der Waals surface area contributed by atoms with Gasteiger partial charge < -0.3 is 4.90 Å². The Morgan fingerprint density at radius 2 is 2.00 bits per heavy atom. The summed E-state index contributed by atoms with van der Waals surface area (Å²) in [5, 5.41) is 4.95. The van der Waals surface area contributed by atoms with E-state index in [1.54, 1.807) is 11.9 Å². The van der Waals surface area contributed by atoms with Gasteiger partial charge in [-0.1, -0.05) is 42.5 Å². The van der Waals surface area contributed by atoms with Crippen molar-refractivity contribution in [3.8, 4) is 0 Å². The molecule has 0 radical (unpaired) electrons. The van der Waals surface area contributed by atoms with E-state index >= 15 is 0 Å². The van der Waals surface area contributed by atoms with Crippen LogP contribution in [0.1, 0.15) is 12.0 Å². The summed E-state index contributed by atoms with van der Waals surface area (Å²) in [4.78, 5) is 13.8. The maximum Gasteiger partial charge on any atom is 0.262 e. The molecule has 1 heterocycles. The minimum Gasteiger partial charge on any atom is -0.344 e. The number of rotatable bonds is 4. The van der Waals surface area contributed by atoms with E-state index in [1.807, 2.05) is 24.3 Å². The molecule has 0 aromatic heterocycles. The molecule has 122 valence electrons. The lowest BCUT2D eigenvalue weighted by Gasteiger charge is -2.21. The second-order valence-corrected chi connectivity index (χ2v) is 6.14. The van der Waals surface area contributed by atoms with Gasteiger partial charge in [-0.05, 0) is 22.8 Å². The van der Waals surface area contributed by atoms with Gasteiger partial charge in [0.05, 0.1) is 12.6 Å². The summed E-state index contributed by atoms with van der Waals surface area (Å²) in [5.74, 6) is -3.04. The number of carbonyl (C=O) groups excluding carboxylic acids is 1. The Morgan fingerprint density at radius 3 is 2.74 bits per heavy atom. The molecule has 0 saturated carbocycles. The number of amides is 1. The summed E-state index contributed by atoms with van der Waals surface area (Å²) < 4.78 is 26.4. The summed E-state index contributed by atoms with van der Waals surface area (Å²) in [6.45, 7) is 0.0944. The maximum absolute atomic E-state index is 13.2. The Labute approximate surface area is 134 Å². The second-order valence-electron chi connectivity index (χ2n) is 6.14. The van der Waals surface area contributed by atoms with Crippen molar-refractivity contribution >= 4 is 16.7 Å². The Morgan fingerprint density at radius 1 is 1.26 bits per heavy atom. The Balaban J connectivity index is 1.64. The van der Waals surface area contributed by atoms with E-state index in [0.29, 0.717) is 13.0 Å². The molecule has 0 spiro atoms. The van der Waals surface area contributed by atoms with Crippen molar-refractivity contribution in [2.75, 3.05) is 20.1 Å². The topological polar surface area (TPSA) is 32.3 Å². The van der Waals surface area contributed by atoms with Crippen LogP contribution >= 0.6 is 0 Å². The van der Waals surface area contributed by atoms with Crippen molar-refractivity contribution in [1.29, 1.82) is 0 Å². The fourth-order valence-corrected chi connectivity index (χ4v) is 3.06. The van der Waals surface area contributed by atoms with Gasteiger partial charge in [-0.3, -0.25) is 10.1 Å². The van der Waals surface area contributed by atoms with E-state index in [1.165, 1.54) is 5.39 Å². The monoisotopic (exact) mass is 318 g/mol. The van der Waals surface area contributed by atoms with Gasteiger partial charge in [0.1, 0.15) is 0 Å². The number of benzene rings is 2. The van der Waals surface area contributed by atoms with Gasteiger partial charge in [0.25, 0.3) is 5.92 Å². The zero-order chi connectivity index (χ0) is 16.4. The van der Waals surface area contributed by atoms with Crippen LogP contribution < -0.4 is 5.32 Å². The molecule has 1 amide bonds. The molecule has 1 unspecified atom stereocenters. The summed E-state index contributed by atoms with van der Waals surface area (Å²) in [6, 6.07) is 13.4. The summed E-state index contributed by atoms with van der Waals surface area (Å²) in [7, 11) is 1.67. The van der Waals surface area contributed by atoms with Crippen molar-refractivity contribution in [3.63, 3.8) is 0 Å². The maximum atomic E-state index is 13.2. The lowest BCUT2D eigenvalue weighted by molar-refractivity contribution is -0.132. The molecule has 1 aliphatic heterocycles. The van der Waals surface area contributed by atoms with Gasteiger partial charge in [0.2, 0.25) is 5.91 Å². The van der Waals surface area contributed by atoms with E-state index in [-0.39, 0.29) is 5.91 Å². The standard InChI is InChI=1S/C18H20F2N2O/c1-22(17(23)16-11-18(19,20)12-21-16)10-9-14-7-4-6-13-5-2-3-8-15(13)14/h2-8,16,21H,9-12H2,1H3. The van der Waals surface area contributed by atoms with Crippen molar-refractivity contribution in [2.45, 2.75) is 24.8 Å². The average molecular weight is 318 g/mol. The molecule has 0 aliphatic carbocycles. The molecule has 3 nitrogen and oxygen atoms in total. The summed E-state index contributed by atoms with van der Waals surface area (Å²) in [6.07, 6.45) is 0.289. The number of likely N-dealkylation sites (N-methyl/N-ethyl adjacent to an activating group) is 1. The largest absolute Gasteiger partial charge is 0.344 e. The first-order valence-electron chi connectivity index (χ1n) is 7.79. The van der Waals surface area contributed by atoms with Crippen LogP contribution in [-0.4, -0.2) is 42.9 Å². The highest BCUT2D eigenvalue weighted by molar-refractivity contribution is 5.86. The quantitative estimate of drug-likeness (QED) is 0.940. The molecule has 2 aromatic rings. The Kier molecular flexibility index (Phi) is 4.31. The van der Waals surface area contributed by atoms with E-state index < -0.39 is 24.9 Å². The lowest BCUT2D eigenvalue weighted by atomic mass is 10.0. The molecule has 5 heteroatoms. The van der Waals surface area contributed by atoms with E-state index in [4.69, 9.17) is 0 Å². The number of carbonyl (C=O) groups is 1. The van der Waals surface area contributed by atoms with Gasteiger partial charge in [-0.2, -0.15) is 0 Å². The van der Waals surface area contributed by atoms with Crippen LogP contribution in [0.4, 0.5) is 8.78 Å². The first-order valence-corrected chi connectivity index (χ1v) is 7.79. The number of nitrogens with one attached hydrogen (secondary N) is 1. The second kappa shape index (κ2) is 6.24. The Hall–Kier alpha value is -2.01. The molecular weight excluding hydrogens is 298 g/mol. The highest BCUT2D eigenvalue weighted by Crippen LogP contribution is 2.26. The number of halogens is 2. The predicted molar refractivity (Wildman–Crippen MR) is 86.6 cm³/mol. The van der Waals surface area contributed by atoms with Crippen molar-refractivity contribution in [1.82, 2.24) is 10.2 Å². The number of fused-ring (bicyclic) bond motifs is 1. The molecule has 1 N–H and O–H groups in total. The van der Waals surface area contributed by atoms with Gasteiger partial charge in [-0.15, -0.1) is 0 Å². The minimum absolute atomic E-state index is 0.262. The number of alkyl halides is 2. The third-order valence-corrected chi connectivity index (χ3v) is 4.38. The first-order chi connectivity index (χ1) is 11.0. The fourth-order valence-electron chi connectivity index (χ4n) is 3.06. The number of hydrogen-bond acceptors (Lipinski definition) is 2. The SMILES string of the molecule is CN(CCc1cccc2ccccc12)C(=O)C1CC(F)(F)CN1. The molecule has 1 fully saturated rings. The highest BCUT2D eigenvalue weighted by Gasteiger charge is 2.43. The van der Waals surface area contributed by atoms with Crippen LogP contribution in [0.15, 0.2) is 42.5 Å². The zero-order valence-corrected chi connectivity index (χ0v) is 13.1. The van der Waals surface area contributed by atoms with Crippen LogP contribution in [0.3, 0.4) is 0 Å². The zero-order valence-electron chi connectivity index (χ0n) is 13.1. The molecular formula is C18H20F2N2O. The van der Waals surface area contributed by atoms with Crippen LogP contribution in [0.25, 0.3) is 10.8 Å². The average Bonchev–Trinajstić information content (AvgIpc) is 2.91. The van der Waals surface area contributed by atoms with Crippen LogP contribution in [0.5, 0.6) is 0 Å². The minimum atomic E-state index is -2.78.